The summed E-state index contributed by atoms with van der Waals surface area (Å²) in [6, 6.07) is 8.37. The number of rotatable bonds is 7. The number of hydrogen-bond donors (Lipinski definition) is 0. The molecule has 0 nitrogen and oxygen atoms in total. The van der Waals surface area contributed by atoms with Gasteiger partial charge < -0.3 is 0 Å². The van der Waals surface area contributed by atoms with E-state index in [9.17, 15) is 22.0 Å². The molecular weight excluding hydrogens is 459 g/mol. The van der Waals surface area contributed by atoms with Gasteiger partial charge in [-0.05, 0) is 78.8 Å². The van der Waals surface area contributed by atoms with Crippen LogP contribution < -0.4 is 0 Å². The lowest BCUT2D eigenvalue weighted by atomic mass is 9.76. The zero-order valence-electron chi connectivity index (χ0n) is 20.0. The molecule has 2 aromatic rings. The van der Waals surface area contributed by atoms with Gasteiger partial charge in [0.25, 0.3) is 0 Å². The first-order valence-electron chi connectivity index (χ1n) is 13.0. The van der Waals surface area contributed by atoms with Gasteiger partial charge in [-0.25, -0.2) is 22.0 Å². The van der Waals surface area contributed by atoms with Crippen LogP contribution in [0.4, 0.5) is 22.0 Å². The first-order valence-corrected chi connectivity index (χ1v) is 15.4. The van der Waals surface area contributed by atoms with Crippen molar-refractivity contribution >= 4 is 8.80 Å². The number of halogens is 5. The third-order valence-electron chi connectivity index (χ3n) is 8.30. The molecule has 4 rings (SSSR count). The van der Waals surface area contributed by atoms with Crippen molar-refractivity contribution in [1.29, 1.82) is 0 Å². The number of benzene rings is 2. The molecular formula is C28H35F5Si. The third-order valence-corrected chi connectivity index (χ3v) is 12.0. The molecule has 0 unspecified atom stereocenters. The first-order chi connectivity index (χ1) is 16.4. The monoisotopic (exact) mass is 494 g/mol. The Balaban J connectivity index is 1.32. The van der Waals surface area contributed by atoms with Crippen LogP contribution in [-0.2, 0) is 0 Å². The molecule has 0 amide bonds. The Morgan fingerprint density at radius 1 is 0.706 bits per heavy atom. The van der Waals surface area contributed by atoms with Gasteiger partial charge >= 0.3 is 0 Å². The molecule has 2 aromatic carbocycles. The summed E-state index contributed by atoms with van der Waals surface area (Å²) in [7, 11) is -0.422. The zero-order valence-corrected chi connectivity index (χ0v) is 21.1. The van der Waals surface area contributed by atoms with E-state index < -0.39 is 43.4 Å². The van der Waals surface area contributed by atoms with E-state index in [0.717, 1.165) is 31.6 Å². The molecule has 0 aromatic heterocycles. The van der Waals surface area contributed by atoms with Crippen LogP contribution in [-0.4, -0.2) is 8.80 Å². The van der Waals surface area contributed by atoms with Crippen LogP contribution in [0.15, 0.2) is 24.3 Å². The lowest BCUT2D eigenvalue weighted by molar-refractivity contribution is 0.279. The van der Waals surface area contributed by atoms with Crippen LogP contribution in [0.1, 0.15) is 76.2 Å². The summed E-state index contributed by atoms with van der Waals surface area (Å²) in [5.41, 5.74) is -0.264. The van der Waals surface area contributed by atoms with Crippen molar-refractivity contribution in [3.63, 3.8) is 0 Å². The van der Waals surface area contributed by atoms with Crippen LogP contribution in [0.5, 0.6) is 0 Å². The molecule has 0 N–H and O–H groups in total. The lowest BCUT2D eigenvalue weighted by Crippen LogP contribution is -2.22. The smallest absolute Gasteiger partial charge is 0.194 e. The molecule has 0 radical (unpaired) electrons. The zero-order chi connectivity index (χ0) is 24.2. The summed E-state index contributed by atoms with van der Waals surface area (Å²) >= 11 is 0. The van der Waals surface area contributed by atoms with Crippen molar-refractivity contribution < 1.29 is 22.0 Å². The first kappa shape index (κ1) is 25.4. The molecule has 1 aliphatic carbocycles. The third kappa shape index (κ3) is 5.92. The Labute approximate surface area is 201 Å². The molecule has 0 bridgehead atoms. The fourth-order valence-corrected chi connectivity index (χ4v) is 9.85. The molecule has 0 atom stereocenters. The Hall–Kier alpha value is -1.69. The van der Waals surface area contributed by atoms with Crippen molar-refractivity contribution in [1.82, 2.24) is 0 Å². The van der Waals surface area contributed by atoms with Gasteiger partial charge in [0.1, 0.15) is 11.6 Å². The number of hydrogen-bond acceptors (Lipinski definition) is 0. The van der Waals surface area contributed by atoms with Crippen LogP contribution in [0.2, 0.25) is 18.1 Å². The molecule has 1 heterocycles. The lowest BCUT2D eigenvalue weighted by Gasteiger charge is -2.32. The van der Waals surface area contributed by atoms with Crippen LogP contribution in [0.3, 0.4) is 0 Å². The average molecular weight is 495 g/mol. The normalized spacial score (nSPS) is 25.5. The van der Waals surface area contributed by atoms with Gasteiger partial charge in [-0.15, -0.1) is 0 Å². The molecule has 2 fully saturated rings. The standard InChI is InChI=1S/C28H35F5Si/c1-2-11-34-12-9-19(10-13-34)4-3-18-5-7-20(8-6-18)21-14-23(29)27(24(30)15-21)22-16-25(31)28(33)26(32)17-22/h14-20,34H,2-13H2,1H3/t18-,19?,20-,34?. The van der Waals surface area contributed by atoms with Gasteiger partial charge in [0.15, 0.2) is 17.5 Å². The van der Waals surface area contributed by atoms with E-state index in [1.54, 1.807) is 0 Å². The second-order valence-corrected chi connectivity index (χ2v) is 14.0. The minimum Gasteiger partial charge on any atom is -0.206 e. The average Bonchev–Trinajstić information content (AvgIpc) is 2.82. The molecule has 186 valence electrons. The largest absolute Gasteiger partial charge is 0.206 e. The van der Waals surface area contributed by atoms with E-state index in [-0.39, 0.29) is 11.5 Å². The summed E-state index contributed by atoms with van der Waals surface area (Å²) in [5.74, 6) is -4.64. The van der Waals surface area contributed by atoms with E-state index in [0.29, 0.717) is 23.6 Å². The highest BCUT2D eigenvalue weighted by molar-refractivity contribution is 6.58. The minimum absolute atomic E-state index is 0.0893. The van der Waals surface area contributed by atoms with Crippen molar-refractivity contribution in [2.24, 2.45) is 11.8 Å². The van der Waals surface area contributed by atoms with E-state index in [2.05, 4.69) is 6.92 Å². The van der Waals surface area contributed by atoms with Gasteiger partial charge in [-0.1, -0.05) is 57.2 Å². The summed E-state index contributed by atoms with van der Waals surface area (Å²) in [4.78, 5) is 0. The maximum atomic E-state index is 14.8. The van der Waals surface area contributed by atoms with E-state index >= 15 is 0 Å². The minimum atomic E-state index is -1.65. The van der Waals surface area contributed by atoms with Crippen LogP contribution >= 0.6 is 0 Å². The Kier molecular flexibility index (Phi) is 8.49. The molecule has 1 saturated heterocycles. The van der Waals surface area contributed by atoms with Crippen molar-refractivity contribution in [2.45, 2.75) is 88.8 Å². The van der Waals surface area contributed by atoms with Crippen molar-refractivity contribution in [2.75, 3.05) is 0 Å². The van der Waals surface area contributed by atoms with Crippen molar-refractivity contribution in [3.05, 3.63) is 58.9 Å². The predicted octanol–water partition coefficient (Wildman–Crippen LogP) is 9.15. The topological polar surface area (TPSA) is 0 Å². The Morgan fingerprint density at radius 3 is 1.76 bits per heavy atom. The van der Waals surface area contributed by atoms with Crippen LogP contribution in [0, 0.1) is 40.9 Å². The molecule has 6 heteroatoms. The maximum Gasteiger partial charge on any atom is 0.194 e. The summed E-state index contributed by atoms with van der Waals surface area (Å²) < 4.78 is 70.0. The fourth-order valence-electron chi connectivity index (χ4n) is 6.28. The molecule has 1 aliphatic heterocycles. The van der Waals surface area contributed by atoms with Gasteiger partial charge in [0.05, 0.1) is 5.56 Å². The van der Waals surface area contributed by atoms with Gasteiger partial charge in [-0.3, -0.25) is 0 Å². The fraction of sp³-hybridized carbons (Fsp3) is 0.571. The molecule has 0 spiro atoms. The van der Waals surface area contributed by atoms with Gasteiger partial charge in [0, 0.05) is 8.80 Å². The van der Waals surface area contributed by atoms with E-state index in [1.807, 2.05) is 0 Å². The van der Waals surface area contributed by atoms with Crippen molar-refractivity contribution in [3.8, 4) is 11.1 Å². The highest BCUT2D eigenvalue weighted by Gasteiger charge is 2.27. The van der Waals surface area contributed by atoms with Gasteiger partial charge in [0.2, 0.25) is 0 Å². The second kappa shape index (κ2) is 11.4. The Morgan fingerprint density at radius 2 is 1.24 bits per heavy atom. The Bertz CT molecular complexity index is 929. The van der Waals surface area contributed by atoms with E-state index in [4.69, 9.17) is 0 Å². The summed E-state index contributed by atoms with van der Waals surface area (Å²) in [6.07, 6.45) is 10.8. The maximum absolute atomic E-state index is 14.8. The summed E-state index contributed by atoms with van der Waals surface area (Å²) in [6.45, 7) is 2.31. The SMILES string of the molecule is CCC[SiH]1CCC(CC[C@H]2CC[C@H](c3cc(F)c(-c4cc(F)c(F)c(F)c4)c(F)c3)CC2)CC1. The predicted molar refractivity (Wildman–Crippen MR) is 130 cm³/mol. The molecule has 1 saturated carbocycles. The van der Waals surface area contributed by atoms with Crippen LogP contribution in [0.25, 0.3) is 11.1 Å². The second-order valence-electron chi connectivity index (χ2n) is 10.6. The molecule has 2 aliphatic rings. The summed E-state index contributed by atoms with van der Waals surface area (Å²) in [5, 5.41) is 0. The van der Waals surface area contributed by atoms with Gasteiger partial charge in [-0.2, -0.15) is 0 Å². The quantitative estimate of drug-likeness (QED) is 0.204. The van der Waals surface area contributed by atoms with E-state index in [1.165, 1.54) is 62.4 Å². The molecule has 34 heavy (non-hydrogen) atoms. The highest BCUT2D eigenvalue weighted by atomic mass is 28.3. The highest BCUT2D eigenvalue weighted by Crippen LogP contribution is 2.41.